The van der Waals surface area contributed by atoms with Gasteiger partial charge in [0.05, 0.1) is 23.5 Å². The molecular formula is C32H39N5O7S. The molecule has 240 valence electrons. The number of amides is 2. The van der Waals surface area contributed by atoms with Crippen molar-refractivity contribution < 1.29 is 28.8 Å². The summed E-state index contributed by atoms with van der Waals surface area (Å²) >= 11 is 0. The van der Waals surface area contributed by atoms with Crippen LogP contribution in [0.25, 0.3) is 10.9 Å². The van der Waals surface area contributed by atoms with Gasteiger partial charge in [-0.1, -0.05) is 5.92 Å². The van der Waals surface area contributed by atoms with Crippen LogP contribution in [-0.4, -0.2) is 79.6 Å². The van der Waals surface area contributed by atoms with Crippen molar-refractivity contribution in [3.63, 3.8) is 0 Å². The summed E-state index contributed by atoms with van der Waals surface area (Å²) in [6.45, 7) is 0.250. The summed E-state index contributed by atoms with van der Waals surface area (Å²) in [5, 5.41) is 24.6. The molecule has 0 radical (unpaired) electrons. The molecule has 0 fully saturated rings. The molecule has 2 amide bonds. The first-order chi connectivity index (χ1) is 21.4. The highest BCUT2D eigenvalue weighted by Crippen LogP contribution is 2.39. The summed E-state index contributed by atoms with van der Waals surface area (Å²) in [5.41, 5.74) is 3.16. The Kier molecular flexibility index (Phi) is 10.7. The van der Waals surface area contributed by atoms with Gasteiger partial charge in [0, 0.05) is 30.0 Å². The van der Waals surface area contributed by atoms with Crippen molar-refractivity contribution >= 4 is 44.3 Å². The van der Waals surface area contributed by atoms with Crippen molar-refractivity contribution in [2.75, 3.05) is 36.3 Å². The number of carbonyl (C=O) groups excluding carboxylic acids is 2. The Morgan fingerprint density at radius 1 is 1.22 bits per heavy atom. The number of benzene rings is 2. The van der Waals surface area contributed by atoms with Gasteiger partial charge in [-0.15, -0.1) is 16.4 Å². The number of terminal acetylenes is 1. The molecule has 12 nitrogen and oxygen atoms in total. The second-order valence-electron chi connectivity index (χ2n) is 11.6. The van der Waals surface area contributed by atoms with Crippen molar-refractivity contribution in [2.45, 2.75) is 50.8 Å². The van der Waals surface area contributed by atoms with E-state index in [4.69, 9.17) is 6.42 Å². The minimum Gasteiger partial charge on any atom is -0.480 e. The SMILES string of the molecule is C#CCN(c1ccc(C(=O)N[C@@H](CCC(=O)NCCC[SH](C)(C)=O)C(=O)O)cc1)[C@H]1CCc2cc3nc(CO)[nH]c(=O)c3cc21. The molecule has 1 aliphatic rings. The molecule has 0 spiro atoms. The van der Waals surface area contributed by atoms with Gasteiger partial charge in [-0.2, -0.15) is 0 Å². The van der Waals surface area contributed by atoms with Crippen LogP contribution >= 0.6 is 0 Å². The maximum Gasteiger partial charge on any atom is 0.326 e. The van der Waals surface area contributed by atoms with Gasteiger partial charge in [0.1, 0.15) is 18.5 Å². The predicted octanol–water partition coefficient (Wildman–Crippen LogP) is 1.29. The van der Waals surface area contributed by atoms with Crippen molar-refractivity contribution in [3.8, 4) is 12.3 Å². The Morgan fingerprint density at radius 2 is 1.96 bits per heavy atom. The number of nitrogens with one attached hydrogen (secondary N) is 3. The first kappa shape index (κ1) is 33.4. The lowest BCUT2D eigenvalue weighted by atomic mass is 10.0. The van der Waals surface area contributed by atoms with Gasteiger partial charge in [-0.05, 0) is 85.7 Å². The molecule has 0 aliphatic heterocycles. The highest BCUT2D eigenvalue weighted by Gasteiger charge is 2.29. The molecule has 0 saturated carbocycles. The van der Waals surface area contributed by atoms with Crippen LogP contribution in [0.1, 0.15) is 59.0 Å². The minimum absolute atomic E-state index is 0.0869. The Bertz CT molecular complexity index is 1720. The number of aromatic nitrogens is 2. The normalized spacial score (nSPS) is 15.1. The number of H-pyrrole nitrogens is 1. The Labute approximate surface area is 262 Å². The summed E-state index contributed by atoms with van der Waals surface area (Å²) in [6.07, 6.45) is 11.0. The fourth-order valence-corrected chi connectivity index (χ4v) is 6.42. The van der Waals surface area contributed by atoms with Crippen LogP contribution in [-0.2, 0) is 32.5 Å². The van der Waals surface area contributed by atoms with E-state index in [9.17, 15) is 33.6 Å². The number of anilines is 1. The number of rotatable bonds is 14. The summed E-state index contributed by atoms with van der Waals surface area (Å²) in [4.78, 5) is 58.5. The zero-order valence-electron chi connectivity index (χ0n) is 25.3. The topological polar surface area (TPSA) is 182 Å². The summed E-state index contributed by atoms with van der Waals surface area (Å²) < 4.78 is 11.8. The third-order valence-electron chi connectivity index (χ3n) is 7.77. The number of hydrogen-bond donors (Lipinski definition) is 6. The van der Waals surface area contributed by atoms with Crippen LogP contribution in [0.4, 0.5) is 5.69 Å². The molecular weight excluding hydrogens is 598 g/mol. The van der Waals surface area contributed by atoms with Crippen molar-refractivity contribution in [3.05, 3.63) is 69.3 Å². The van der Waals surface area contributed by atoms with E-state index >= 15 is 0 Å². The number of carboxylic acid groups (broad SMARTS) is 1. The maximum absolute atomic E-state index is 12.9. The zero-order chi connectivity index (χ0) is 32.7. The first-order valence-electron chi connectivity index (χ1n) is 14.7. The molecule has 0 saturated heterocycles. The van der Waals surface area contributed by atoms with E-state index in [-0.39, 0.29) is 54.9 Å². The van der Waals surface area contributed by atoms with Crippen molar-refractivity contribution in [2.24, 2.45) is 0 Å². The number of hydrogen-bond acceptors (Lipinski definition) is 8. The van der Waals surface area contributed by atoms with Gasteiger partial charge in [-0.25, -0.2) is 9.78 Å². The Hall–Kier alpha value is -4.54. The third kappa shape index (κ3) is 8.55. The highest BCUT2D eigenvalue weighted by molar-refractivity contribution is 8.01. The number of carbonyl (C=O) groups is 3. The second kappa shape index (κ2) is 14.5. The fraction of sp³-hybridized carbons (Fsp3) is 0.406. The third-order valence-corrected chi connectivity index (χ3v) is 9.16. The molecule has 13 heteroatoms. The van der Waals surface area contributed by atoms with Crippen LogP contribution < -0.4 is 21.1 Å². The average molecular weight is 638 g/mol. The summed E-state index contributed by atoms with van der Waals surface area (Å²) in [7, 11) is -2.17. The van der Waals surface area contributed by atoms with E-state index in [1.807, 2.05) is 17.0 Å². The first-order valence-corrected chi connectivity index (χ1v) is 17.5. The van der Waals surface area contributed by atoms with Gasteiger partial charge in [0.25, 0.3) is 11.5 Å². The number of aliphatic hydroxyl groups is 1. The zero-order valence-corrected chi connectivity index (χ0v) is 26.2. The monoisotopic (exact) mass is 637 g/mol. The lowest BCUT2D eigenvalue weighted by Crippen LogP contribution is -2.41. The number of aliphatic carboxylic acids is 1. The van der Waals surface area contributed by atoms with E-state index in [0.717, 1.165) is 29.7 Å². The quantitative estimate of drug-likeness (QED) is 0.0862. The van der Waals surface area contributed by atoms with Crippen molar-refractivity contribution in [1.29, 1.82) is 0 Å². The molecule has 3 aromatic rings. The number of nitrogens with zero attached hydrogens (tertiary/aromatic N) is 2. The minimum atomic E-state index is -2.17. The number of thiol groups is 1. The summed E-state index contributed by atoms with van der Waals surface area (Å²) in [5.74, 6) is 1.22. The van der Waals surface area contributed by atoms with E-state index in [1.54, 1.807) is 36.8 Å². The molecule has 5 N–H and O–H groups in total. The number of fused-ring (bicyclic) bond motifs is 2. The van der Waals surface area contributed by atoms with E-state index in [1.165, 1.54) is 0 Å². The number of aliphatic hydroxyl groups excluding tert-OH is 1. The average Bonchev–Trinajstić information content (AvgIpc) is 3.41. The van der Waals surface area contributed by atoms with Gasteiger partial charge < -0.3 is 30.7 Å². The van der Waals surface area contributed by atoms with Gasteiger partial charge in [0.2, 0.25) is 5.91 Å². The van der Waals surface area contributed by atoms with Crippen LogP contribution in [0.15, 0.2) is 41.2 Å². The second-order valence-corrected chi connectivity index (χ2v) is 15.2. The van der Waals surface area contributed by atoms with Crippen molar-refractivity contribution in [1.82, 2.24) is 20.6 Å². The molecule has 1 aliphatic carbocycles. The molecule has 1 heterocycles. The number of carboxylic acids is 1. The van der Waals surface area contributed by atoms with Gasteiger partial charge in [-0.3, -0.25) is 18.6 Å². The van der Waals surface area contributed by atoms with E-state index in [0.29, 0.717) is 29.6 Å². The predicted molar refractivity (Wildman–Crippen MR) is 174 cm³/mol. The lowest BCUT2D eigenvalue weighted by Gasteiger charge is -2.30. The standard InChI is InChI=1S/C32H39N5O7S/c1-4-15-37(27-12-8-21-17-26-24(18-23(21)27)31(41)36-28(19-38)34-26)22-9-6-20(7-10-22)30(40)35-25(32(42)43)11-13-29(39)33-14-5-16-45(2,3)44/h1,6-7,9-10,17-18,25,27,38,45H,5,8,11-16,19H2,2-3H3,(H,33,39)(H,35,40)(H,42,43)(H,34,36,41)/t25-,27-/m0/s1. The number of aryl methyl sites for hydroxylation is 1. The van der Waals surface area contributed by atoms with Gasteiger partial charge >= 0.3 is 5.97 Å². The Morgan fingerprint density at radius 3 is 2.60 bits per heavy atom. The molecule has 4 rings (SSSR count). The largest absolute Gasteiger partial charge is 0.480 e. The van der Waals surface area contributed by atoms with Crippen LogP contribution in [0.2, 0.25) is 0 Å². The van der Waals surface area contributed by atoms with Crippen LogP contribution in [0.3, 0.4) is 0 Å². The van der Waals surface area contributed by atoms with E-state index < -0.39 is 27.9 Å². The molecule has 2 atom stereocenters. The molecule has 0 unspecified atom stereocenters. The molecule has 1 aromatic heterocycles. The molecule has 2 aromatic carbocycles. The van der Waals surface area contributed by atoms with Crippen LogP contribution in [0, 0.1) is 12.3 Å². The maximum atomic E-state index is 12.9. The molecule has 45 heavy (non-hydrogen) atoms. The summed E-state index contributed by atoms with van der Waals surface area (Å²) in [6, 6.07) is 8.95. The van der Waals surface area contributed by atoms with Crippen LogP contribution in [0.5, 0.6) is 0 Å². The smallest absolute Gasteiger partial charge is 0.326 e. The Balaban J connectivity index is 1.42. The highest BCUT2D eigenvalue weighted by atomic mass is 32.2. The fourth-order valence-electron chi connectivity index (χ4n) is 5.50. The number of aromatic amines is 1. The lowest BCUT2D eigenvalue weighted by molar-refractivity contribution is -0.139. The van der Waals surface area contributed by atoms with Gasteiger partial charge in [0.15, 0.2) is 0 Å². The molecule has 0 bridgehead atoms. The van der Waals surface area contributed by atoms with E-state index in [2.05, 4.69) is 26.5 Å².